The predicted octanol–water partition coefficient (Wildman–Crippen LogP) is 4.68. The molecule has 0 unspecified atom stereocenters. The van der Waals surface area contributed by atoms with Gasteiger partial charge in [0, 0.05) is 12.3 Å². The maximum Gasteiger partial charge on any atom is 0.469 e. The van der Waals surface area contributed by atoms with E-state index in [0.29, 0.717) is 6.42 Å². The molecule has 0 saturated heterocycles. The minimum absolute atomic E-state index is 0.139. The largest absolute Gasteiger partial charge is 0.469 e. The molecule has 0 aromatic heterocycles. The topological polar surface area (TPSA) is 119 Å². The average Bonchev–Trinajstić information content (AvgIpc) is 2.89. The second-order valence-electron chi connectivity index (χ2n) is 8.63. The van der Waals surface area contributed by atoms with Crippen molar-refractivity contribution in [3.05, 3.63) is 0 Å². The lowest BCUT2D eigenvalue weighted by atomic mass is 10.0. The molecule has 39 heavy (non-hydrogen) atoms. The van der Waals surface area contributed by atoms with Gasteiger partial charge in [0.05, 0.1) is 6.61 Å². The van der Waals surface area contributed by atoms with Crippen LogP contribution in [0.1, 0.15) is 96.8 Å². The van der Waals surface area contributed by atoms with Gasteiger partial charge in [-0.1, -0.05) is 84.0 Å². The molecule has 0 radical (unpaired) electrons. The maximum atomic E-state index is 12.2. The average molecular weight is 559 g/mol. The van der Waals surface area contributed by atoms with Crippen LogP contribution in [0.2, 0.25) is 0 Å². The maximum absolute atomic E-state index is 12.2. The minimum atomic E-state index is -4.81. The molecule has 0 aromatic carbocycles. The molecule has 0 amide bonds. The fraction of sp³-hybridized carbons (Fsp3) is 0.600. The van der Waals surface area contributed by atoms with E-state index in [1.165, 1.54) is 57.8 Å². The van der Waals surface area contributed by atoms with E-state index in [9.17, 15) is 14.2 Å². The molecule has 0 heterocycles. The van der Waals surface area contributed by atoms with Crippen molar-refractivity contribution >= 4 is 19.8 Å². The summed E-state index contributed by atoms with van der Waals surface area (Å²) in [6.45, 7) is 1.08. The van der Waals surface area contributed by atoms with Crippen LogP contribution in [0.4, 0.5) is 0 Å². The lowest BCUT2D eigenvalue weighted by molar-refractivity contribution is -0.158. The van der Waals surface area contributed by atoms with Crippen molar-refractivity contribution in [3.63, 3.8) is 0 Å². The van der Waals surface area contributed by atoms with Gasteiger partial charge < -0.3 is 19.3 Å². The van der Waals surface area contributed by atoms with Gasteiger partial charge in [-0.25, -0.2) is 9.36 Å². The van der Waals surface area contributed by atoms with E-state index >= 15 is 0 Å². The zero-order valence-corrected chi connectivity index (χ0v) is 23.7. The number of hydrogen-bond donors (Lipinski definition) is 2. The van der Waals surface area contributed by atoms with E-state index in [2.05, 4.69) is 64.7 Å². The molecule has 9 heteroatoms. The smallest absolute Gasteiger partial charge is 0.456 e. The van der Waals surface area contributed by atoms with Crippen LogP contribution in [0.15, 0.2) is 0 Å². The molecule has 0 aromatic rings. The number of carbonyl (C=O) groups excluding carboxylic acids is 2. The molecule has 0 bridgehead atoms. The highest BCUT2D eigenvalue weighted by Crippen LogP contribution is 2.35. The lowest BCUT2D eigenvalue weighted by Gasteiger charge is -2.17. The Balaban J connectivity index is 4.28. The Hall–Kier alpha value is -3.15. The molecule has 0 aliphatic rings. The number of carbonyl (C=O) groups is 2. The van der Waals surface area contributed by atoms with Gasteiger partial charge in [0.2, 0.25) is 0 Å². The molecule has 0 fully saturated rings. The van der Waals surface area contributed by atoms with Crippen LogP contribution in [0.3, 0.4) is 0 Å². The highest BCUT2D eigenvalue weighted by Gasteiger charge is 2.22. The second-order valence-corrected chi connectivity index (χ2v) is 9.87. The van der Waals surface area contributed by atoms with Crippen molar-refractivity contribution in [2.24, 2.45) is 0 Å². The quantitative estimate of drug-likeness (QED) is 0.0727. The Morgan fingerprint density at radius 1 is 0.744 bits per heavy atom. The molecule has 2 N–H and O–H groups in total. The Kier molecular flexibility index (Phi) is 23.1. The number of rotatable bonds is 20. The molecule has 0 rings (SSSR count). The Bertz CT molecular complexity index is 1050. The molecular weight excluding hydrogens is 519 g/mol. The first-order valence-corrected chi connectivity index (χ1v) is 14.8. The van der Waals surface area contributed by atoms with Crippen molar-refractivity contribution in [1.82, 2.24) is 0 Å². The number of esters is 2. The van der Waals surface area contributed by atoms with Gasteiger partial charge in [0.15, 0.2) is 6.10 Å². The van der Waals surface area contributed by atoms with Crippen LogP contribution < -0.4 is 0 Å². The van der Waals surface area contributed by atoms with Crippen LogP contribution >= 0.6 is 7.82 Å². The zero-order valence-electron chi connectivity index (χ0n) is 22.8. The van der Waals surface area contributed by atoms with E-state index in [1.807, 2.05) is 0 Å². The van der Waals surface area contributed by atoms with Crippen molar-refractivity contribution < 1.29 is 37.9 Å². The first kappa shape index (κ1) is 35.9. The van der Waals surface area contributed by atoms with Gasteiger partial charge in [-0.2, -0.15) is 0 Å². The summed E-state index contributed by atoms with van der Waals surface area (Å²) < 4.78 is 25.5. The molecule has 212 valence electrons. The lowest BCUT2D eigenvalue weighted by Crippen LogP contribution is -2.29. The summed E-state index contributed by atoms with van der Waals surface area (Å²) in [5.41, 5.74) is 0. The SMILES string of the molecule is C#CC#CC#CC#CC#CC(=O)OC[C@@H](COP(=O)(O)O)OC(=O)CCCCCCCCCCCCCCC. The van der Waals surface area contributed by atoms with Crippen LogP contribution in [0.25, 0.3) is 0 Å². The van der Waals surface area contributed by atoms with Crippen LogP contribution in [0.5, 0.6) is 0 Å². The molecular formula is C30H39O8P. The summed E-state index contributed by atoms with van der Waals surface area (Å²) in [5.74, 6) is 18.8. The van der Waals surface area contributed by atoms with Gasteiger partial charge in [-0.15, -0.1) is 6.42 Å². The van der Waals surface area contributed by atoms with Crippen LogP contribution in [-0.4, -0.2) is 41.0 Å². The van der Waals surface area contributed by atoms with Gasteiger partial charge in [0.25, 0.3) is 0 Å². The molecule has 0 aliphatic heterocycles. The van der Waals surface area contributed by atoms with Gasteiger partial charge >= 0.3 is 19.8 Å². The zero-order chi connectivity index (χ0) is 29.0. The normalized spacial score (nSPS) is 10.5. The summed E-state index contributed by atoms with van der Waals surface area (Å²) in [7, 11) is -4.81. The Labute approximate surface area is 233 Å². The molecule has 1 atom stereocenters. The number of phosphoric acid groups is 1. The molecule has 0 spiro atoms. The van der Waals surface area contributed by atoms with Crippen molar-refractivity contribution in [2.45, 2.75) is 103 Å². The number of phosphoric ester groups is 1. The number of hydrogen-bond acceptors (Lipinski definition) is 6. The first-order chi connectivity index (χ1) is 18.8. The standard InChI is InChI=1S/C30H39O8P/c1-3-5-7-9-11-13-14-15-16-17-19-21-23-25-30(32)38-28(27-37-39(33,34)35)26-36-29(31)24-22-20-18-12-10-8-6-4-2/h2,28H,3,5,7,9,11,13-17,19,21,23,25-27H2,1H3,(H2,33,34,35)/t28-/m0/s1. The fourth-order valence-corrected chi connectivity index (χ4v) is 3.67. The summed E-state index contributed by atoms with van der Waals surface area (Å²) in [6, 6.07) is 0. The van der Waals surface area contributed by atoms with Gasteiger partial charge in [-0.3, -0.25) is 9.32 Å². The van der Waals surface area contributed by atoms with Crippen molar-refractivity contribution in [1.29, 1.82) is 0 Å². The van der Waals surface area contributed by atoms with E-state index in [-0.39, 0.29) is 6.42 Å². The highest BCUT2D eigenvalue weighted by atomic mass is 31.2. The highest BCUT2D eigenvalue weighted by molar-refractivity contribution is 7.46. The van der Waals surface area contributed by atoms with Crippen LogP contribution in [0, 0.1) is 59.7 Å². The molecule has 8 nitrogen and oxygen atoms in total. The van der Waals surface area contributed by atoms with Crippen molar-refractivity contribution in [2.75, 3.05) is 13.2 Å². The third-order valence-electron chi connectivity index (χ3n) is 5.22. The van der Waals surface area contributed by atoms with Gasteiger partial charge in [0.1, 0.15) is 6.61 Å². The summed E-state index contributed by atoms with van der Waals surface area (Å²) in [6.07, 6.45) is 19.1. The summed E-state index contributed by atoms with van der Waals surface area (Å²) >= 11 is 0. The Morgan fingerprint density at radius 2 is 1.23 bits per heavy atom. The molecule has 0 saturated carbocycles. The third kappa shape index (κ3) is 27.7. The van der Waals surface area contributed by atoms with E-state index in [1.54, 1.807) is 0 Å². The molecule has 0 aliphatic carbocycles. The van der Waals surface area contributed by atoms with E-state index < -0.39 is 39.1 Å². The van der Waals surface area contributed by atoms with E-state index in [0.717, 1.165) is 19.3 Å². The van der Waals surface area contributed by atoms with Crippen LogP contribution in [-0.2, 0) is 28.2 Å². The fourth-order valence-electron chi connectivity index (χ4n) is 3.31. The summed E-state index contributed by atoms with van der Waals surface area (Å²) in [4.78, 5) is 41.8. The van der Waals surface area contributed by atoms with Crippen molar-refractivity contribution in [3.8, 4) is 59.7 Å². The number of ether oxygens (including phenoxy) is 2. The minimum Gasteiger partial charge on any atom is -0.456 e. The first-order valence-electron chi connectivity index (χ1n) is 13.3. The Morgan fingerprint density at radius 3 is 1.74 bits per heavy atom. The second kappa shape index (κ2) is 25.1. The van der Waals surface area contributed by atoms with E-state index in [4.69, 9.17) is 25.7 Å². The third-order valence-corrected chi connectivity index (χ3v) is 5.71. The monoisotopic (exact) mass is 558 g/mol. The van der Waals surface area contributed by atoms with Gasteiger partial charge in [-0.05, 0) is 53.8 Å². The summed E-state index contributed by atoms with van der Waals surface area (Å²) in [5, 5.41) is 0. The number of terminal acetylenes is 1. The number of unbranched alkanes of at least 4 members (excludes halogenated alkanes) is 12. The predicted molar refractivity (Wildman–Crippen MR) is 149 cm³/mol.